The van der Waals surface area contributed by atoms with Crippen LogP contribution in [-0.4, -0.2) is 53.0 Å². The zero-order chi connectivity index (χ0) is 12.3. The highest BCUT2D eigenvalue weighted by molar-refractivity contribution is 6.03. The van der Waals surface area contributed by atoms with Crippen LogP contribution in [0.4, 0.5) is 0 Å². The third-order valence-electron chi connectivity index (χ3n) is 2.64. The number of pyridine rings is 1. The number of amides is 1. The minimum absolute atomic E-state index is 0.0156. The monoisotopic (exact) mass is 235 g/mol. The number of aromatic nitrogens is 1. The maximum atomic E-state index is 12.1. The maximum absolute atomic E-state index is 12.1. The zero-order valence-electron chi connectivity index (χ0n) is 9.22. The van der Waals surface area contributed by atoms with Crippen molar-refractivity contribution >= 4 is 11.9 Å². The Balaban J connectivity index is 2.26. The molecule has 2 N–H and O–H groups in total. The van der Waals surface area contributed by atoms with Gasteiger partial charge in [0.2, 0.25) is 0 Å². The number of carbonyl (C=O) groups excluding carboxylic acids is 1. The van der Waals surface area contributed by atoms with Gasteiger partial charge < -0.3 is 15.3 Å². The number of nitrogens with one attached hydrogen (secondary N) is 1. The second kappa shape index (κ2) is 4.92. The van der Waals surface area contributed by atoms with Gasteiger partial charge in [-0.3, -0.25) is 9.78 Å². The third kappa shape index (κ3) is 2.42. The Morgan fingerprint density at radius 3 is 2.71 bits per heavy atom. The first-order valence-corrected chi connectivity index (χ1v) is 5.38. The summed E-state index contributed by atoms with van der Waals surface area (Å²) < 4.78 is 0. The molecule has 1 fully saturated rings. The molecule has 2 rings (SSSR count). The lowest BCUT2D eigenvalue weighted by molar-refractivity contribution is 0.0666. The minimum Gasteiger partial charge on any atom is -0.478 e. The van der Waals surface area contributed by atoms with E-state index in [9.17, 15) is 9.59 Å². The van der Waals surface area contributed by atoms with Crippen molar-refractivity contribution < 1.29 is 14.7 Å². The average Bonchev–Trinajstić information content (AvgIpc) is 2.39. The molecule has 1 amide bonds. The largest absolute Gasteiger partial charge is 0.478 e. The number of nitrogens with zero attached hydrogens (tertiary/aromatic N) is 2. The van der Waals surface area contributed by atoms with E-state index in [1.807, 2.05) is 0 Å². The number of hydrogen-bond acceptors (Lipinski definition) is 4. The first-order valence-electron chi connectivity index (χ1n) is 5.38. The van der Waals surface area contributed by atoms with E-state index >= 15 is 0 Å². The molecule has 0 spiro atoms. The SMILES string of the molecule is O=C(O)c1cccnc1C(=O)N1CCNCC1. The molecule has 0 aromatic carbocycles. The number of carboxylic acid groups (broad SMARTS) is 1. The van der Waals surface area contributed by atoms with Crippen molar-refractivity contribution in [1.82, 2.24) is 15.2 Å². The molecule has 0 radical (unpaired) electrons. The fourth-order valence-corrected chi connectivity index (χ4v) is 1.77. The molecular weight excluding hydrogens is 222 g/mol. The number of piperazine rings is 1. The Hall–Kier alpha value is -1.95. The van der Waals surface area contributed by atoms with Crippen LogP contribution < -0.4 is 5.32 Å². The first-order chi connectivity index (χ1) is 8.20. The molecule has 1 aliphatic rings. The van der Waals surface area contributed by atoms with Gasteiger partial charge in [-0.2, -0.15) is 0 Å². The van der Waals surface area contributed by atoms with Crippen LogP contribution in [0, 0.1) is 0 Å². The smallest absolute Gasteiger partial charge is 0.338 e. The van der Waals surface area contributed by atoms with Crippen molar-refractivity contribution in [3.63, 3.8) is 0 Å². The maximum Gasteiger partial charge on any atom is 0.338 e. The van der Waals surface area contributed by atoms with E-state index in [4.69, 9.17) is 5.11 Å². The number of carboxylic acids is 1. The Labute approximate surface area is 98.3 Å². The van der Waals surface area contributed by atoms with Crippen LogP contribution in [0.5, 0.6) is 0 Å². The van der Waals surface area contributed by atoms with E-state index in [2.05, 4.69) is 10.3 Å². The normalized spacial score (nSPS) is 15.6. The summed E-state index contributed by atoms with van der Waals surface area (Å²) in [5, 5.41) is 12.1. The van der Waals surface area contributed by atoms with Crippen LogP contribution in [0.2, 0.25) is 0 Å². The van der Waals surface area contributed by atoms with Crippen LogP contribution >= 0.6 is 0 Å². The predicted octanol–water partition coefficient (Wildman–Crippen LogP) is -0.175. The van der Waals surface area contributed by atoms with Crippen molar-refractivity contribution in [2.75, 3.05) is 26.2 Å². The van der Waals surface area contributed by atoms with E-state index in [-0.39, 0.29) is 17.2 Å². The Kier molecular flexibility index (Phi) is 3.34. The molecule has 0 aliphatic carbocycles. The molecule has 1 saturated heterocycles. The van der Waals surface area contributed by atoms with Gasteiger partial charge in [0.05, 0.1) is 5.56 Å². The molecule has 1 aromatic rings. The highest BCUT2D eigenvalue weighted by Gasteiger charge is 2.23. The van der Waals surface area contributed by atoms with Crippen LogP contribution in [-0.2, 0) is 0 Å². The average molecular weight is 235 g/mol. The van der Waals surface area contributed by atoms with E-state index in [1.54, 1.807) is 4.90 Å². The Morgan fingerprint density at radius 1 is 1.35 bits per heavy atom. The van der Waals surface area contributed by atoms with Gasteiger partial charge in [0.25, 0.3) is 5.91 Å². The predicted molar refractivity (Wildman–Crippen MR) is 60.0 cm³/mol. The van der Waals surface area contributed by atoms with Crippen molar-refractivity contribution in [3.8, 4) is 0 Å². The molecule has 6 nitrogen and oxygen atoms in total. The van der Waals surface area contributed by atoms with Gasteiger partial charge in [0, 0.05) is 32.4 Å². The molecule has 0 atom stereocenters. The Morgan fingerprint density at radius 2 is 2.06 bits per heavy atom. The van der Waals surface area contributed by atoms with E-state index in [1.165, 1.54) is 18.3 Å². The standard InChI is InChI=1S/C11H13N3O3/c15-10(14-6-4-12-5-7-14)9-8(11(16)17)2-1-3-13-9/h1-3,12H,4-7H2,(H,16,17). The summed E-state index contributed by atoms with van der Waals surface area (Å²) in [5.41, 5.74) is -0.0297. The van der Waals surface area contributed by atoms with E-state index < -0.39 is 5.97 Å². The first kappa shape index (κ1) is 11.5. The molecule has 0 saturated carbocycles. The lowest BCUT2D eigenvalue weighted by Crippen LogP contribution is -2.46. The second-order valence-electron chi connectivity index (χ2n) is 3.75. The number of carbonyl (C=O) groups is 2. The summed E-state index contributed by atoms with van der Waals surface area (Å²) in [5.74, 6) is -1.44. The molecule has 90 valence electrons. The molecule has 6 heteroatoms. The van der Waals surface area contributed by atoms with Crippen LogP contribution in [0.1, 0.15) is 20.8 Å². The fraction of sp³-hybridized carbons (Fsp3) is 0.364. The number of rotatable bonds is 2. The molecule has 1 aromatic heterocycles. The molecule has 0 unspecified atom stereocenters. The zero-order valence-corrected chi connectivity index (χ0v) is 9.22. The molecule has 17 heavy (non-hydrogen) atoms. The molecular formula is C11H13N3O3. The third-order valence-corrected chi connectivity index (χ3v) is 2.64. The van der Waals surface area contributed by atoms with Crippen molar-refractivity contribution in [3.05, 3.63) is 29.6 Å². The van der Waals surface area contributed by atoms with Crippen molar-refractivity contribution in [2.24, 2.45) is 0 Å². The molecule has 2 heterocycles. The molecule has 1 aliphatic heterocycles. The summed E-state index contributed by atoms with van der Waals surface area (Å²) in [7, 11) is 0. The quantitative estimate of drug-likeness (QED) is 0.743. The van der Waals surface area contributed by atoms with Crippen LogP contribution in [0.25, 0.3) is 0 Å². The Bertz CT molecular complexity index is 441. The summed E-state index contributed by atoms with van der Waals surface area (Å²) in [6.07, 6.45) is 1.43. The summed E-state index contributed by atoms with van der Waals surface area (Å²) in [6.45, 7) is 2.60. The number of aromatic carboxylic acids is 1. The summed E-state index contributed by atoms with van der Waals surface area (Å²) in [6, 6.07) is 2.91. The van der Waals surface area contributed by atoms with Gasteiger partial charge in [-0.1, -0.05) is 0 Å². The van der Waals surface area contributed by atoms with Gasteiger partial charge in [-0.05, 0) is 12.1 Å². The van der Waals surface area contributed by atoms with Gasteiger partial charge >= 0.3 is 5.97 Å². The lowest BCUT2D eigenvalue weighted by atomic mass is 10.1. The van der Waals surface area contributed by atoms with Gasteiger partial charge in [0.15, 0.2) is 0 Å². The molecule has 0 bridgehead atoms. The topological polar surface area (TPSA) is 82.5 Å². The van der Waals surface area contributed by atoms with Crippen molar-refractivity contribution in [1.29, 1.82) is 0 Å². The summed E-state index contributed by atoms with van der Waals surface area (Å²) >= 11 is 0. The van der Waals surface area contributed by atoms with Gasteiger partial charge in [-0.25, -0.2) is 4.79 Å². The van der Waals surface area contributed by atoms with Crippen LogP contribution in [0.15, 0.2) is 18.3 Å². The van der Waals surface area contributed by atoms with E-state index in [0.29, 0.717) is 13.1 Å². The number of hydrogen-bond donors (Lipinski definition) is 2. The second-order valence-corrected chi connectivity index (χ2v) is 3.75. The lowest BCUT2D eigenvalue weighted by Gasteiger charge is -2.27. The van der Waals surface area contributed by atoms with E-state index in [0.717, 1.165) is 13.1 Å². The van der Waals surface area contributed by atoms with Gasteiger partial charge in [-0.15, -0.1) is 0 Å². The minimum atomic E-state index is -1.13. The highest BCUT2D eigenvalue weighted by Crippen LogP contribution is 2.09. The highest BCUT2D eigenvalue weighted by atomic mass is 16.4. The van der Waals surface area contributed by atoms with Crippen LogP contribution in [0.3, 0.4) is 0 Å². The fourth-order valence-electron chi connectivity index (χ4n) is 1.77. The summed E-state index contributed by atoms with van der Waals surface area (Å²) in [4.78, 5) is 28.6. The van der Waals surface area contributed by atoms with Crippen molar-refractivity contribution in [2.45, 2.75) is 0 Å². The van der Waals surface area contributed by atoms with Gasteiger partial charge in [0.1, 0.15) is 5.69 Å².